The van der Waals surface area contributed by atoms with Crippen LogP contribution in [0.2, 0.25) is 0 Å². The van der Waals surface area contributed by atoms with Gasteiger partial charge >= 0.3 is 0 Å². The van der Waals surface area contributed by atoms with Crippen molar-refractivity contribution < 1.29 is 4.79 Å². The van der Waals surface area contributed by atoms with Gasteiger partial charge in [0.2, 0.25) is 5.91 Å². The van der Waals surface area contributed by atoms with Gasteiger partial charge in [-0.05, 0) is 38.4 Å². The van der Waals surface area contributed by atoms with Crippen LogP contribution in [-0.4, -0.2) is 33.0 Å². The van der Waals surface area contributed by atoms with Crippen molar-refractivity contribution in [1.82, 2.24) is 19.9 Å². The molecule has 118 valence electrons. The van der Waals surface area contributed by atoms with E-state index in [2.05, 4.69) is 27.5 Å². The molecule has 1 aliphatic heterocycles. The Hall–Kier alpha value is -1.92. The predicted molar refractivity (Wildman–Crippen MR) is 87.4 cm³/mol. The first-order valence-electron chi connectivity index (χ1n) is 7.21. The average molecular weight is 322 g/mol. The van der Waals surface area contributed by atoms with Gasteiger partial charge in [0.15, 0.2) is 0 Å². The number of imidazole rings is 1. The number of anilines is 1. The molecule has 3 rings (SSSR count). The Morgan fingerprint density at radius 1 is 1.45 bits per heavy atom. The maximum Gasteiger partial charge on any atom is 0.227 e. The largest absolute Gasteiger partial charge is 0.324 e. The van der Waals surface area contributed by atoms with Gasteiger partial charge in [-0.1, -0.05) is 0 Å². The summed E-state index contributed by atoms with van der Waals surface area (Å²) in [6.07, 6.45) is 8.67. The number of carbonyl (C=O) groups is 1. The lowest BCUT2D eigenvalue weighted by Crippen LogP contribution is -2.40. The van der Waals surface area contributed by atoms with E-state index in [1.165, 1.54) is 0 Å². The third-order valence-corrected chi connectivity index (χ3v) is 3.78. The molecule has 3 heterocycles. The zero-order valence-corrected chi connectivity index (χ0v) is 13.2. The molecule has 0 aliphatic carbocycles. The Labute approximate surface area is 135 Å². The van der Waals surface area contributed by atoms with Crippen molar-refractivity contribution in [2.75, 3.05) is 11.9 Å². The summed E-state index contributed by atoms with van der Waals surface area (Å²) in [5, 5.41) is 6.30. The first kappa shape index (κ1) is 16.5. The lowest BCUT2D eigenvalue weighted by atomic mass is 9.92. The van der Waals surface area contributed by atoms with Crippen LogP contribution < -0.4 is 10.6 Å². The molecule has 0 aromatic carbocycles. The molecule has 2 aromatic rings. The van der Waals surface area contributed by atoms with Crippen LogP contribution in [0.4, 0.5) is 5.69 Å². The minimum atomic E-state index is 0. The fraction of sp³-hybridized carbons (Fsp3) is 0.400. The van der Waals surface area contributed by atoms with E-state index in [1.54, 1.807) is 18.7 Å². The SMILES string of the molecule is C[C@H]1C[C@@H](C(=O)Nc2ccc(-n3ccnc3)nc2)CCN1.Cl. The normalized spacial score (nSPS) is 21.0. The number of rotatable bonds is 3. The minimum Gasteiger partial charge on any atom is -0.324 e. The highest BCUT2D eigenvalue weighted by atomic mass is 35.5. The van der Waals surface area contributed by atoms with Crippen molar-refractivity contribution in [2.45, 2.75) is 25.8 Å². The van der Waals surface area contributed by atoms with Gasteiger partial charge < -0.3 is 10.6 Å². The first-order valence-corrected chi connectivity index (χ1v) is 7.21. The van der Waals surface area contributed by atoms with Crippen LogP contribution in [0.15, 0.2) is 37.1 Å². The molecule has 0 radical (unpaired) electrons. The van der Waals surface area contributed by atoms with Gasteiger partial charge in [0.25, 0.3) is 0 Å². The summed E-state index contributed by atoms with van der Waals surface area (Å²) in [5.41, 5.74) is 0.732. The maximum absolute atomic E-state index is 12.2. The van der Waals surface area contributed by atoms with Crippen molar-refractivity contribution in [3.8, 4) is 5.82 Å². The molecule has 2 N–H and O–H groups in total. The summed E-state index contributed by atoms with van der Waals surface area (Å²) >= 11 is 0. The van der Waals surface area contributed by atoms with Gasteiger partial charge in [-0.2, -0.15) is 0 Å². The monoisotopic (exact) mass is 321 g/mol. The van der Waals surface area contributed by atoms with Gasteiger partial charge in [0.1, 0.15) is 12.1 Å². The summed E-state index contributed by atoms with van der Waals surface area (Å²) in [5.74, 6) is 0.941. The second-order valence-electron chi connectivity index (χ2n) is 5.44. The lowest BCUT2D eigenvalue weighted by Gasteiger charge is -2.27. The zero-order chi connectivity index (χ0) is 14.7. The predicted octanol–water partition coefficient (Wildman–Crippen LogP) is 2.02. The van der Waals surface area contributed by atoms with Crippen molar-refractivity contribution in [3.63, 3.8) is 0 Å². The molecule has 1 fully saturated rings. The molecule has 0 bridgehead atoms. The van der Waals surface area contributed by atoms with E-state index < -0.39 is 0 Å². The van der Waals surface area contributed by atoms with Gasteiger partial charge in [0, 0.05) is 24.4 Å². The molecule has 2 atom stereocenters. The van der Waals surface area contributed by atoms with Crippen LogP contribution in [0.3, 0.4) is 0 Å². The molecule has 0 spiro atoms. The minimum absolute atomic E-state index is 0. The van der Waals surface area contributed by atoms with E-state index in [0.29, 0.717) is 6.04 Å². The van der Waals surface area contributed by atoms with Crippen molar-refractivity contribution in [3.05, 3.63) is 37.1 Å². The second-order valence-corrected chi connectivity index (χ2v) is 5.44. The van der Waals surface area contributed by atoms with E-state index in [4.69, 9.17) is 0 Å². The number of nitrogens with one attached hydrogen (secondary N) is 2. The first-order chi connectivity index (χ1) is 10.2. The van der Waals surface area contributed by atoms with E-state index in [1.807, 2.05) is 22.9 Å². The quantitative estimate of drug-likeness (QED) is 0.907. The van der Waals surface area contributed by atoms with Crippen LogP contribution in [0.1, 0.15) is 19.8 Å². The Kier molecular flexibility index (Phi) is 5.51. The number of amides is 1. The number of hydrogen-bond acceptors (Lipinski definition) is 4. The number of pyridine rings is 1. The average Bonchev–Trinajstić information content (AvgIpc) is 3.02. The highest BCUT2D eigenvalue weighted by molar-refractivity contribution is 5.92. The third-order valence-electron chi connectivity index (χ3n) is 3.78. The van der Waals surface area contributed by atoms with Gasteiger partial charge in [-0.3, -0.25) is 9.36 Å². The Balaban J connectivity index is 0.00000176. The molecule has 7 heteroatoms. The lowest BCUT2D eigenvalue weighted by molar-refractivity contribution is -0.120. The van der Waals surface area contributed by atoms with Crippen molar-refractivity contribution >= 4 is 24.0 Å². The fourth-order valence-corrected chi connectivity index (χ4v) is 2.62. The highest BCUT2D eigenvalue weighted by Crippen LogP contribution is 2.18. The second kappa shape index (κ2) is 7.38. The molecule has 2 aromatic heterocycles. The summed E-state index contributed by atoms with van der Waals surface area (Å²) < 4.78 is 1.82. The van der Waals surface area contributed by atoms with E-state index in [9.17, 15) is 4.79 Å². The molecule has 1 saturated heterocycles. The van der Waals surface area contributed by atoms with Crippen LogP contribution in [0.25, 0.3) is 5.82 Å². The summed E-state index contributed by atoms with van der Waals surface area (Å²) in [6, 6.07) is 4.13. The molecular formula is C15H20ClN5O. The van der Waals surface area contributed by atoms with Crippen molar-refractivity contribution in [2.24, 2.45) is 5.92 Å². The zero-order valence-electron chi connectivity index (χ0n) is 12.4. The van der Waals surface area contributed by atoms with E-state index >= 15 is 0 Å². The number of hydrogen-bond donors (Lipinski definition) is 2. The topological polar surface area (TPSA) is 71.8 Å². The Morgan fingerprint density at radius 2 is 2.32 bits per heavy atom. The maximum atomic E-state index is 12.2. The molecule has 0 saturated carbocycles. The van der Waals surface area contributed by atoms with Crippen LogP contribution >= 0.6 is 12.4 Å². The number of aromatic nitrogens is 3. The number of piperidine rings is 1. The number of carbonyl (C=O) groups excluding carboxylic acids is 1. The smallest absolute Gasteiger partial charge is 0.227 e. The Bertz CT molecular complexity index is 599. The summed E-state index contributed by atoms with van der Waals surface area (Å²) in [4.78, 5) is 20.6. The summed E-state index contributed by atoms with van der Waals surface area (Å²) in [6.45, 7) is 3.01. The fourth-order valence-electron chi connectivity index (χ4n) is 2.62. The number of nitrogens with zero attached hydrogens (tertiary/aromatic N) is 3. The van der Waals surface area contributed by atoms with Crippen molar-refractivity contribution in [1.29, 1.82) is 0 Å². The molecule has 1 aliphatic rings. The standard InChI is InChI=1S/C15H19N5O.ClH/c1-11-8-12(4-5-17-11)15(21)19-13-2-3-14(18-9-13)20-7-6-16-10-20;/h2-3,6-7,9-12,17H,4-5,8H2,1H3,(H,19,21);1H/t11-,12-;/m0./s1. The molecule has 6 nitrogen and oxygen atoms in total. The summed E-state index contributed by atoms with van der Waals surface area (Å²) in [7, 11) is 0. The van der Waals surface area contributed by atoms with E-state index in [-0.39, 0.29) is 24.2 Å². The van der Waals surface area contributed by atoms with E-state index in [0.717, 1.165) is 30.9 Å². The van der Waals surface area contributed by atoms with Gasteiger partial charge in [-0.25, -0.2) is 9.97 Å². The third kappa shape index (κ3) is 3.84. The van der Waals surface area contributed by atoms with Crippen LogP contribution in [0.5, 0.6) is 0 Å². The van der Waals surface area contributed by atoms with Crippen LogP contribution in [0, 0.1) is 5.92 Å². The molecular weight excluding hydrogens is 302 g/mol. The van der Waals surface area contributed by atoms with Crippen LogP contribution in [-0.2, 0) is 4.79 Å². The Morgan fingerprint density at radius 3 is 2.95 bits per heavy atom. The molecule has 1 amide bonds. The highest BCUT2D eigenvalue weighted by Gasteiger charge is 2.24. The van der Waals surface area contributed by atoms with Gasteiger partial charge in [-0.15, -0.1) is 12.4 Å². The molecule has 0 unspecified atom stereocenters. The number of halogens is 1. The van der Waals surface area contributed by atoms with Gasteiger partial charge in [0.05, 0.1) is 11.9 Å². The molecule has 22 heavy (non-hydrogen) atoms.